The van der Waals surface area contributed by atoms with Gasteiger partial charge in [0.15, 0.2) is 0 Å². The lowest BCUT2D eigenvalue weighted by molar-refractivity contribution is -0.137. The van der Waals surface area contributed by atoms with Gasteiger partial charge in [0.1, 0.15) is 17.8 Å². The highest BCUT2D eigenvalue weighted by Crippen LogP contribution is 2.39. The molecule has 1 saturated carbocycles. The number of piperidine rings is 1. The molecule has 0 bridgehead atoms. The number of methoxy groups -OCH3 is 1. The number of carbonyl (C=O) groups excluding carboxylic acids is 3. The van der Waals surface area contributed by atoms with Crippen molar-refractivity contribution in [2.75, 3.05) is 40.3 Å². The Morgan fingerprint density at radius 3 is 2.42 bits per heavy atom. The predicted octanol–water partition coefficient (Wildman–Crippen LogP) is 2.94. The van der Waals surface area contributed by atoms with Crippen LogP contribution < -0.4 is 10.1 Å². The van der Waals surface area contributed by atoms with E-state index in [4.69, 9.17) is 4.74 Å². The third-order valence-corrected chi connectivity index (χ3v) is 7.61. The van der Waals surface area contributed by atoms with Crippen LogP contribution >= 0.6 is 0 Å². The Labute approximate surface area is 196 Å². The van der Waals surface area contributed by atoms with Gasteiger partial charge in [0.25, 0.3) is 5.91 Å². The van der Waals surface area contributed by atoms with Gasteiger partial charge in [-0.2, -0.15) is 0 Å². The number of likely N-dealkylation sites (tertiary alicyclic amines) is 1. The topological polar surface area (TPSA) is 82.2 Å². The Kier molecular flexibility index (Phi) is 7.22. The minimum absolute atomic E-state index is 0.0252. The number of amides is 4. The lowest BCUT2D eigenvalue weighted by atomic mass is 9.81. The highest BCUT2D eigenvalue weighted by Gasteiger charge is 2.55. The lowest BCUT2D eigenvalue weighted by Gasteiger charge is -2.36. The van der Waals surface area contributed by atoms with Gasteiger partial charge in [-0.05, 0) is 44.8 Å². The maximum Gasteiger partial charge on any atom is 0.327 e. The first-order chi connectivity index (χ1) is 16.0. The minimum atomic E-state index is -0.761. The van der Waals surface area contributed by atoms with E-state index in [0.29, 0.717) is 19.4 Å². The Morgan fingerprint density at radius 1 is 1.06 bits per heavy atom. The molecule has 2 saturated heterocycles. The molecule has 180 valence electrons. The summed E-state index contributed by atoms with van der Waals surface area (Å²) in [5, 5.41) is 3.00. The van der Waals surface area contributed by atoms with Gasteiger partial charge in [-0.25, -0.2) is 4.79 Å². The highest BCUT2D eigenvalue weighted by molar-refractivity contribution is 6.08. The molecule has 1 spiro atoms. The Morgan fingerprint density at radius 2 is 1.73 bits per heavy atom. The van der Waals surface area contributed by atoms with Crippen molar-refractivity contribution in [1.82, 2.24) is 20.0 Å². The monoisotopic (exact) mass is 456 g/mol. The number of carbonyl (C=O) groups is 3. The van der Waals surface area contributed by atoms with Gasteiger partial charge in [0.05, 0.1) is 13.2 Å². The Balaban J connectivity index is 1.44. The number of nitrogens with one attached hydrogen (secondary N) is 1. The first-order valence-electron chi connectivity index (χ1n) is 12.2. The average Bonchev–Trinajstić information content (AvgIpc) is 3.02. The summed E-state index contributed by atoms with van der Waals surface area (Å²) < 4.78 is 5.59. The Bertz CT molecular complexity index is 877. The highest BCUT2D eigenvalue weighted by atomic mass is 16.5. The van der Waals surface area contributed by atoms with Crippen LogP contribution in [-0.4, -0.2) is 78.4 Å². The molecule has 33 heavy (non-hydrogen) atoms. The molecule has 1 atom stereocenters. The molecule has 1 unspecified atom stereocenters. The van der Waals surface area contributed by atoms with E-state index in [1.54, 1.807) is 19.1 Å². The molecule has 1 aliphatic carbocycles. The zero-order valence-electron chi connectivity index (χ0n) is 19.8. The fourth-order valence-electron chi connectivity index (χ4n) is 5.69. The summed E-state index contributed by atoms with van der Waals surface area (Å²) in [5.74, 6) is 0.269. The van der Waals surface area contributed by atoms with Crippen LogP contribution in [-0.2, 0) is 9.59 Å². The van der Waals surface area contributed by atoms with Crippen molar-refractivity contribution >= 4 is 17.8 Å². The molecule has 4 amide bonds. The van der Waals surface area contributed by atoms with E-state index in [9.17, 15) is 14.4 Å². The maximum atomic E-state index is 13.2. The second-order valence-electron chi connectivity index (χ2n) is 9.48. The molecule has 0 aromatic heterocycles. The van der Waals surface area contributed by atoms with Crippen molar-refractivity contribution in [2.45, 2.75) is 62.9 Å². The fourth-order valence-corrected chi connectivity index (χ4v) is 5.69. The van der Waals surface area contributed by atoms with E-state index in [1.807, 2.05) is 24.3 Å². The molecule has 2 aliphatic heterocycles. The lowest BCUT2D eigenvalue weighted by Crippen LogP contribution is -2.49. The van der Waals surface area contributed by atoms with Crippen molar-refractivity contribution in [1.29, 1.82) is 0 Å². The van der Waals surface area contributed by atoms with Crippen molar-refractivity contribution in [2.24, 2.45) is 0 Å². The number of ether oxygens (including phenoxy) is 1. The molecule has 1 aromatic rings. The van der Waals surface area contributed by atoms with Gasteiger partial charge in [-0.3, -0.25) is 19.4 Å². The standard InChI is InChI=1S/C25H36N4O4/c1-27-24(32)29(23(31)25(27)13-7-3-8-14-25)18-22(30)26-17-20(28-15-9-4-10-16-28)19-11-5-6-12-21(19)33-2/h5-6,11-12,20H,3-4,7-10,13-18H2,1-2H3,(H,26,30). The van der Waals surface area contributed by atoms with Crippen LogP contribution in [0.15, 0.2) is 24.3 Å². The summed E-state index contributed by atoms with van der Waals surface area (Å²) in [5.41, 5.74) is 0.278. The van der Waals surface area contributed by atoms with Crippen LogP contribution in [0, 0.1) is 0 Å². The maximum absolute atomic E-state index is 13.2. The van der Waals surface area contributed by atoms with Crippen LogP contribution in [0.25, 0.3) is 0 Å². The zero-order valence-corrected chi connectivity index (χ0v) is 19.8. The molecular formula is C25H36N4O4. The third-order valence-electron chi connectivity index (χ3n) is 7.61. The zero-order chi connectivity index (χ0) is 23.4. The van der Waals surface area contributed by atoms with E-state index in [1.165, 1.54) is 6.42 Å². The molecule has 8 heteroatoms. The largest absolute Gasteiger partial charge is 0.496 e. The molecule has 2 heterocycles. The van der Waals surface area contributed by atoms with Crippen LogP contribution in [0.2, 0.25) is 0 Å². The van der Waals surface area contributed by atoms with Crippen LogP contribution in [0.3, 0.4) is 0 Å². The molecule has 1 N–H and O–H groups in total. The quantitative estimate of drug-likeness (QED) is 0.638. The summed E-state index contributed by atoms with van der Waals surface area (Å²) in [4.78, 5) is 44.0. The van der Waals surface area contributed by atoms with E-state index in [0.717, 1.165) is 61.4 Å². The van der Waals surface area contributed by atoms with Crippen molar-refractivity contribution < 1.29 is 19.1 Å². The SMILES string of the molecule is COc1ccccc1C(CNC(=O)CN1C(=O)N(C)C2(CCCCC2)C1=O)N1CCCCC1. The fraction of sp³-hybridized carbons (Fsp3) is 0.640. The van der Waals surface area contributed by atoms with E-state index in [-0.39, 0.29) is 30.4 Å². The second kappa shape index (κ2) is 10.1. The van der Waals surface area contributed by atoms with Gasteiger partial charge < -0.3 is 15.0 Å². The minimum Gasteiger partial charge on any atom is -0.496 e. The number of likely N-dealkylation sites (N-methyl/N-ethyl adjacent to an activating group) is 1. The number of imide groups is 1. The van der Waals surface area contributed by atoms with Gasteiger partial charge in [-0.1, -0.05) is 43.9 Å². The van der Waals surface area contributed by atoms with E-state index >= 15 is 0 Å². The molecular weight excluding hydrogens is 420 g/mol. The number of benzene rings is 1. The molecule has 1 aromatic carbocycles. The van der Waals surface area contributed by atoms with E-state index < -0.39 is 5.54 Å². The summed E-state index contributed by atoms with van der Waals surface area (Å²) in [6.07, 6.45) is 7.78. The molecule has 4 rings (SSSR count). The van der Waals surface area contributed by atoms with E-state index in [2.05, 4.69) is 10.2 Å². The van der Waals surface area contributed by atoms with Crippen molar-refractivity contribution in [3.8, 4) is 5.75 Å². The molecule has 3 fully saturated rings. The summed E-state index contributed by atoms with van der Waals surface area (Å²) in [7, 11) is 3.35. The first kappa shape index (κ1) is 23.5. The predicted molar refractivity (Wildman–Crippen MR) is 125 cm³/mol. The Hall–Kier alpha value is -2.61. The number of hydrogen-bond donors (Lipinski definition) is 1. The third kappa shape index (κ3) is 4.58. The second-order valence-corrected chi connectivity index (χ2v) is 9.48. The van der Waals surface area contributed by atoms with Crippen LogP contribution in [0.4, 0.5) is 4.79 Å². The van der Waals surface area contributed by atoms with Crippen LogP contribution in [0.5, 0.6) is 5.75 Å². The van der Waals surface area contributed by atoms with Gasteiger partial charge in [0.2, 0.25) is 5.91 Å². The number of hydrogen-bond acceptors (Lipinski definition) is 5. The van der Waals surface area contributed by atoms with Gasteiger partial charge in [0, 0.05) is 19.2 Å². The average molecular weight is 457 g/mol. The summed E-state index contributed by atoms with van der Waals surface area (Å²) in [6, 6.07) is 7.51. The summed E-state index contributed by atoms with van der Waals surface area (Å²) in [6.45, 7) is 2.10. The normalized spacial score (nSPS) is 22.0. The summed E-state index contributed by atoms with van der Waals surface area (Å²) >= 11 is 0. The van der Waals surface area contributed by atoms with Gasteiger partial charge >= 0.3 is 6.03 Å². The number of nitrogens with zero attached hydrogens (tertiary/aromatic N) is 3. The molecule has 3 aliphatic rings. The van der Waals surface area contributed by atoms with Crippen molar-refractivity contribution in [3.63, 3.8) is 0 Å². The van der Waals surface area contributed by atoms with Crippen LogP contribution in [0.1, 0.15) is 63.0 Å². The number of para-hydroxylation sites is 1. The molecule has 0 radical (unpaired) electrons. The smallest absolute Gasteiger partial charge is 0.327 e. The number of urea groups is 1. The molecule has 8 nitrogen and oxygen atoms in total. The van der Waals surface area contributed by atoms with Gasteiger partial charge in [-0.15, -0.1) is 0 Å². The first-order valence-corrected chi connectivity index (χ1v) is 12.2. The number of rotatable bonds is 7. The van der Waals surface area contributed by atoms with Crippen molar-refractivity contribution in [3.05, 3.63) is 29.8 Å².